The molecule has 0 saturated heterocycles. The summed E-state index contributed by atoms with van der Waals surface area (Å²) in [6.07, 6.45) is 1.25. The SMILES string of the molecule is CC(C)C[C@H](CN)CC(=O)Nc1ccc(S(N)(=O)=O)cc1. The molecule has 0 bridgehead atoms. The maximum Gasteiger partial charge on any atom is 0.238 e. The van der Waals surface area contributed by atoms with E-state index in [2.05, 4.69) is 19.2 Å². The number of rotatable bonds is 7. The summed E-state index contributed by atoms with van der Waals surface area (Å²) in [7, 11) is -3.71. The molecule has 0 spiro atoms. The molecular formula is C14H23N3O3S. The number of nitrogens with two attached hydrogens (primary N) is 2. The molecule has 1 aromatic carbocycles. The van der Waals surface area contributed by atoms with Gasteiger partial charge in [0.15, 0.2) is 0 Å². The van der Waals surface area contributed by atoms with Gasteiger partial charge in [0.1, 0.15) is 0 Å². The molecule has 0 fully saturated rings. The summed E-state index contributed by atoms with van der Waals surface area (Å²) in [6, 6.07) is 5.74. The second kappa shape index (κ2) is 7.53. The highest BCUT2D eigenvalue weighted by molar-refractivity contribution is 7.89. The third kappa shape index (κ3) is 6.24. The van der Waals surface area contributed by atoms with Crippen molar-refractivity contribution in [3.63, 3.8) is 0 Å². The van der Waals surface area contributed by atoms with Crippen LogP contribution in [0.4, 0.5) is 5.69 Å². The summed E-state index contributed by atoms with van der Waals surface area (Å²) in [5.41, 5.74) is 6.20. The predicted octanol–water partition coefficient (Wildman–Crippen LogP) is 1.28. The Bertz CT molecular complexity index is 568. The van der Waals surface area contributed by atoms with E-state index in [4.69, 9.17) is 10.9 Å². The van der Waals surface area contributed by atoms with Crippen LogP contribution < -0.4 is 16.2 Å². The standard InChI is InChI=1S/C14H23N3O3S/c1-10(2)7-11(9-15)8-14(18)17-12-3-5-13(6-4-12)21(16,19)20/h3-6,10-11H,7-9,15H2,1-2H3,(H,17,18)(H2,16,19,20)/t11-/m0/s1. The molecule has 21 heavy (non-hydrogen) atoms. The highest BCUT2D eigenvalue weighted by atomic mass is 32.2. The van der Waals surface area contributed by atoms with Crippen LogP contribution in [0.2, 0.25) is 0 Å². The second-order valence-electron chi connectivity index (χ2n) is 5.55. The summed E-state index contributed by atoms with van der Waals surface area (Å²) < 4.78 is 22.3. The van der Waals surface area contributed by atoms with E-state index in [1.165, 1.54) is 24.3 Å². The molecule has 0 aliphatic rings. The molecule has 0 unspecified atom stereocenters. The first-order valence-corrected chi connectivity index (χ1v) is 8.39. The van der Waals surface area contributed by atoms with Crippen molar-refractivity contribution in [1.82, 2.24) is 0 Å². The van der Waals surface area contributed by atoms with Gasteiger partial charge in [-0.25, -0.2) is 13.6 Å². The lowest BCUT2D eigenvalue weighted by Crippen LogP contribution is -2.23. The molecule has 0 radical (unpaired) electrons. The summed E-state index contributed by atoms with van der Waals surface area (Å²) in [6.45, 7) is 4.65. The van der Waals surface area contributed by atoms with Gasteiger partial charge < -0.3 is 11.1 Å². The summed E-state index contributed by atoms with van der Waals surface area (Å²) >= 11 is 0. The number of sulfonamides is 1. The van der Waals surface area contributed by atoms with E-state index in [1.807, 2.05) is 0 Å². The van der Waals surface area contributed by atoms with Gasteiger partial charge in [-0.05, 0) is 49.1 Å². The number of anilines is 1. The second-order valence-corrected chi connectivity index (χ2v) is 7.11. The van der Waals surface area contributed by atoms with Crippen molar-refractivity contribution >= 4 is 21.6 Å². The monoisotopic (exact) mass is 313 g/mol. The molecule has 0 heterocycles. The maximum absolute atomic E-state index is 11.9. The lowest BCUT2D eigenvalue weighted by Gasteiger charge is -2.16. The van der Waals surface area contributed by atoms with Gasteiger partial charge in [-0.2, -0.15) is 0 Å². The number of carbonyl (C=O) groups excluding carboxylic acids is 1. The van der Waals surface area contributed by atoms with Crippen molar-refractivity contribution < 1.29 is 13.2 Å². The van der Waals surface area contributed by atoms with E-state index in [1.54, 1.807) is 0 Å². The molecule has 0 saturated carbocycles. The first-order valence-electron chi connectivity index (χ1n) is 6.85. The van der Waals surface area contributed by atoms with E-state index >= 15 is 0 Å². The zero-order valence-electron chi connectivity index (χ0n) is 12.4. The van der Waals surface area contributed by atoms with Gasteiger partial charge in [-0.1, -0.05) is 13.8 Å². The van der Waals surface area contributed by atoms with Crippen LogP contribution in [0.1, 0.15) is 26.7 Å². The van der Waals surface area contributed by atoms with Gasteiger partial charge in [-0.3, -0.25) is 4.79 Å². The predicted molar refractivity (Wildman–Crippen MR) is 83.1 cm³/mol. The number of amides is 1. The summed E-state index contributed by atoms with van der Waals surface area (Å²) in [4.78, 5) is 11.9. The third-order valence-electron chi connectivity index (χ3n) is 3.08. The molecular weight excluding hydrogens is 290 g/mol. The van der Waals surface area contributed by atoms with E-state index in [9.17, 15) is 13.2 Å². The molecule has 7 heteroatoms. The molecule has 0 aliphatic carbocycles. The molecule has 1 atom stereocenters. The van der Waals surface area contributed by atoms with Crippen LogP contribution in [0.3, 0.4) is 0 Å². The van der Waals surface area contributed by atoms with Crippen LogP contribution in [0.15, 0.2) is 29.2 Å². The van der Waals surface area contributed by atoms with E-state index in [0.717, 1.165) is 6.42 Å². The van der Waals surface area contributed by atoms with Gasteiger partial charge in [-0.15, -0.1) is 0 Å². The topological polar surface area (TPSA) is 115 Å². The Morgan fingerprint density at radius 1 is 1.24 bits per heavy atom. The first-order chi connectivity index (χ1) is 9.72. The third-order valence-corrected chi connectivity index (χ3v) is 4.01. The average molecular weight is 313 g/mol. The smallest absolute Gasteiger partial charge is 0.238 e. The van der Waals surface area contributed by atoms with Crippen molar-refractivity contribution in [2.24, 2.45) is 22.7 Å². The molecule has 0 aliphatic heterocycles. The lowest BCUT2D eigenvalue weighted by molar-refractivity contribution is -0.117. The Morgan fingerprint density at radius 2 is 1.81 bits per heavy atom. The molecule has 1 rings (SSSR count). The quantitative estimate of drug-likeness (QED) is 0.703. The first kappa shape index (κ1) is 17.6. The Hall–Kier alpha value is -1.44. The molecule has 1 aromatic rings. The van der Waals surface area contributed by atoms with E-state index in [-0.39, 0.29) is 16.7 Å². The molecule has 1 amide bonds. The van der Waals surface area contributed by atoms with Gasteiger partial charge >= 0.3 is 0 Å². The number of primary sulfonamides is 1. The minimum Gasteiger partial charge on any atom is -0.330 e. The zero-order chi connectivity index (χ0) is 16.0. The average Bonchev–Trinajstić information content (AvgIpc) is 2.36. The van der Waals surface area contributed by atoms with Crippen LogP contribution in [-0.2, 0) is 14.8 Å². The van der Waals surface area contributed by atoms with Crippen LogP contribution in [0.5, 0.6) is 0 Å². The molecule has 6 nitrogen and oxygen atoms in total. The van der Waals surface area contributed by atoms with Crippen LogP contribution >= 0.6 is 0 Å². The van der Waals surface area contributed by atoms with Crippen molar-refractivity contribution in [3.05, 3.63) is 24.3 Å². The number of nitrogens with one attached hydrogen (secondary N) is 1. The van der Waals surface area contributed by atoms with E-state index < -0.39 is 10.0 Å². The zero-order valence-corrected chi connectivity index (χ0v) is 13.2. The largest absolute Gasteiger partial charge is 0.330 e. The highest BCUT2D eigenvalue weighted by Gasteiger charge is 2.14. The van der Waals surface area contributed by atoms with Crippen LogP contribution in [0, 0.1) is 11.8 Å². The lowest BCUT2D eigenvalue weighted by atomic mass is 9.94. The fourth-order valence-corrected chi connectivity index (χ4v) is 2.65. The van der Waals surface area contributed by atoms with Crippen LogP contribution in [-0.4, -0.2) is 20.9 Å². The number of hydrogen-bond donors (Lipinski definition) is 3. The van der Waals surface area contributed by atoms with Crippen LogP contribution in [0.25, 0.3) is 0 Å². The van der Waals surface area contributed by atoms with Gasteiger partial charge in [0, 0.05) is 12.1 Å². The Balaban J connectivity index is 2.62. The summed E-state index contributed by atoms with van der Waals surface area (Å²) in [5.74, 6) is 0.503. The van der Waals surface area contributed by atoms with E-state index in [0.29, 0.717) is 24.6 Å². The maximum atomic E-state index is 11.9. The van der Waals surface area contributed by atoms with Gasteiger partial charge in [0.05, 0.1) is 4.90 Å². The summed E-state index contributed by atoms with van der Waals surface area (Å²) in [5, 5.41) is 7.74. The Morgan fingerprint density at radius 3 is 2.24 bits per heavy atom. The highest BCUT2D eigenvalue weighted by Crippen LogP contribution is 2.17. The molecule has 5 N–H and O–H groups in total. The fourth-order valence-electron chi connectivity index (χ4n) is 2.13. The Labute approximate surface area is 126 Å². The van der Waals surface area contributed by atoms with Crippen molar-refractivity contribution in [1.29, 1.82) is 0 Å². The minimum atomic E-state index is -3.71. The normalized spacial score (nSPS) is 13.2. The number of hydrogen-bond acceptors (Lipinski definition) is 4. The minimum absolute atomic E-state index is 0.0140. The van der Waals surface area contributed by atoms with Crippen molar-refractivity contribution in [3.8, 4) is 0 Å². The van der Waals surface area contributed by atoms with Gasteiger partial charge in [0.2, 0.25) is 15.9 Å². The van der Waals surface area contributed by atoms with Gasteiger partial charge in [0.25, 0.3) is 0 Å². The van der Waals surface area contributed by atoms with Crippen molar-refractivity contribution in [2.75, 3.05) is 11.9 Å². The Kier molecular flexibility index (Phi) is 6.32. The molecule has 0 aromatic heterocycles. The fraction of sp³-hybridized carbons (Fsp3) is 0.500. The number of benzene rings is 1. The van der Waals surface area contributed by atoms with Crippen molar-refractivity contribution in [2.45, 2.75) is 31.6 Å². The number of carbonyl (C=O) groups is 1. The molecule has 118 valence electrons.